The van der Waals surface area contributed by atoms with Crippen LogP contribution in [0, 0.1) is 0 Å². The fraction of sp³-hybridized carbons (Fsp3) is 0.462. The SMILES string of the molecule is COCCNCc1csc(N(C)Cc2ccco2)n1. The van der Waals surface area contributed by atoms with Crippen LogP contribution in [-0.2, 0) is 17.8 Å². The Bertz CT molecular complexity index is 470. The minimum Gasteiger partial charge on any atom is -0.467 e. The molecule has 0 aliphatic rings. The molecule has 2 heterocycles. The first-order chi connectivity index (χ1) is 9.29. The molecule has 104 valence electrons. The molecule has 2 aromatic heterocycles. The molecule has 0 spiro atoms. The van der Waals surface area contributed by atoms with Crippen molar-refractivity contribution in [2.45, 2.75) is 13.1 Å². The van der Waals surface area contributed by atoms with Crippen molar-refractivity contribution in [3.05, 3.63) is 35.2 Å². The zero-order valence-corrected chi connectivity index (χ0v) is 12.1. The van der Waals surface area contributed by atoms with Crippen molar-refractivity contribution < 1.29 is 9.15 Å². The Labute approximate surface area is 117 Å². The van der Waals surface area contributed by atoms with Crippen molar-refractivity contribution in [1.29, 1.82) is 0 Å². The van der Waals surface area contributed by atoms with Crippen molar-refractivity contribution in [1.82, 2.24) is 10.3 Å². The molecule has 0 fully saturated rings. The molecule has 0 saturated heterocycles. The van der Waals surface area contributed by atoms with Gasteiger partial charge in [0, 0.05) is 32.6 Å². The average Bonchev–Trinajstić information content (AvgIpc) is 3.05. The Morgan fingerprint density at radius 2 is 2.42 bits per heavy atom. The van der Waals surface area contributed by atoms with Crippen molar-refractivity contribution >= 4 is 16.5 Å². The lowest BCUT2D eigenvalue weighted by molar-refractivity contribution is 0.199. The minimum absolute atomic E-state index is 0.718. The van der Waals surface area contributed by atoms with E-state index in [4.69, 9.17) is 9.15 Å². The maximum absolute atomic E-state index is 5.33. The smallest absolute Gasteiger partial charge is 0.185 e. The van der Waals surface area contributed by atoms with Gasteiger partial charge in [-0.3, -0.25) is 0 Å². The summed E-state index contributed by atoms with van der Waals surface area (Å²) in [6.07, 6.45) is 1.69. The summed E-state index contributed by atoms with van der Waals surface area (Å²) in [5.74, 6) is 0.942. The van der Waals surface area contributed by atoms with Gasteiger partial charge < -0.3 is 19.4 Å². The Morgan fingerprint density at radius 1 is 1.53 bits per heavy atom. The van der Waals surface area contributed by atoms with Gasteiger partial charge in [0.25, 0.3) is 0 Å². The van der Waals surface area contributed by atoms with E-state index in [1.807, 2.05) is 19.2 Å². The fourth-order valence-electron chi connectivity index (χ4n) is 1.65. The van der Waals surface area contributed by atoms with Gasteiger partial charge in [0.05, 0.1) is 25.1 Å². The quantitative estimate of drug-likeness (QED) is 0.751. The van der Waals surface area contributed by atoms with Gasteiger partial charge in [0.15, 0.2) is 5.13 Å². The van der Waals surface area contributed by atoms with E-state index >= 15 is 0 Å². The number of methoxy groups -OCH3 is 1. The van der Waals surface area contributed by atoms with E-state index < -0.39 is 0 Å². The molecule has 0 aliphatic carbocycles. The van der Waals surface area contributed by atoms with Crippen LogP contribution >= 0.6 is 11.3 Å². The second-order valence-electron chi connectivity index (χ2n) is 4.23. The van der Waals surface area contributed by atoms with E-state index in [0.717, 1.165) is 42.8 Å². The monoisotopic (exact) mass is 281 g/mol. The lowest BCUT2D eigenvalue weighted by atomic mass is 10.4. The topological polar surface area (TPSA) is 50.5 Å². The Morgan fingerprint density at radius 3 is 3.16 bits per heavy atom. The molecule has 19 heavy (non-hydrogen) atoms. The molecule has 0 radical (unpaired) electrons. The highest BCUT2D eigenvalue weighted by Crippen LogP contribution is 2.21. The van der Waals surface area contributed by atoms with E-state index in [0.29, 0.717) is 0 Å². The molecular formula is C13H19N3O2S. The van der Waals surface area contributed by atoms with Crippen molar-refractivity contribution in [2.24, 2.45) is 0 Å². The zero-order valence-electron chi connectivity index (χ0n) is 11.3. The number of furan rings is 1. The highest BCUT2D eigenvalue weighted by molar-refractivity contribution is 7.13. The van der Waals surface area contributed by atoms with E-state index in [-0.39, 0.29) is 0 Å². The van der Waals surface area contributed by atoms with Crippen molar-refractivity contribution in [3.8, 4) is 0 Å². The van der Waals surface area contributed by atoms with Crippen LogP contribution in [0.1, 0.15) is 11.5 Å². The van der Waals surface area contributed by atoms with Crippen molar-refractivity contribution in [3.63, 3.8) is 0 Å². The number of thiazole rings is 1. The van der Waals surface area contributed by atoms with Gasteiger partial charge in [0.1, 0.15) is 5.76 Å². The summed E-state index contributed by atoms with van der Waals surface area (Å²) < 4.78 is 10.3. The molecule has 0 aromatic carbocycles. The Balaban J connectivity index is 1.82. The van der Waals surface area contributed by atoms with Crippen LogP contribution in [0.2, 0.25) is 0 Å². The van der Waals surface area contributed by atoms with Gasteiger partial charge in [-0.1, -0.05) is 0 Å². The second-order valence-corrected chi connectivity index (χ2v) is 5.06. The summed E-state index contributed by atoms with van der Waals surface area (Å²) in [7, 11) is 3.72. The van der Waals surface area contributed by atoms with Crippen LogP contribution < -0.4 is 10.2 Å². The second kappa shape index (κ2) is 7.28. The molecule has 2 aromatic rings. The molecule has 5 nitrogen and oxygen atoms in total. The summed E-state index contributed by atoms with van der Waals surface area (Å²) in [6.45, 7) is 3.06. The van der Waals surface area contributed by atoms with Crippen LogP contribution in [0.25, 0.3) is 0 Å². The lowest BCUT2D eigenvalue weighted by Gasteiger charge is -2.13. The number of rotatable bonds is 8. The number of anilines is 1. The van der Waals surface area contributed by atoms with Gasteiger partial charge in [-0.25, -0.2) is 4.98 Å². The van der Waals surface area contributed by atoms with Crippen LogP contribution in [-0.4, -0.2) is 32.3 Å². The molecule has 0 amide bonds. The maximum atomic E-state index is 5.33. The number of ether oxygens (including phenoxy) is 1. The third-order valence-electron chi connectivity index (χ3n) is 2.63. The fourth-order valence-corrected chi connectivity index (χ4v) is 2.44. The van der Waals surface area contributed by atoms with E-state index in [1.54, 1.807) is 24.7 Å². The summed E-state index contributed by atoms with van der Waals surface area (Å²) in [5.41, 5.74) is 1.06. The molecule has 1 N–H and O–H groups in total. The van der Waals surface area contributed by atoms with Crippen LogP contribution in [0.4, 0.5) is 5.13 Å². The zero-order chi connectivity index (χ0) is 13.5. The lowest BCUT2D eigenvalue weighted by Crippen LogP contribution is -2.19. The summed E-state index contributed by atoms with van der Waals surface area (Å²) >= 11 is 1.65. The highest BCUT2D eigenvalue weighted by atomic mass is 32.1. The minimum atomic E-state index is 0.718. The number of hydrogen-bond donors (Lipinski definition) is 1. The molecule has 0 aliphatic heterocycles. The molecule has 0 saturated carbocycles. The van der Waals surface area contributed by atoms with E-state index in [1.165, 1.54) is 0 Å². The van der Waals surface area contributed by atoms with Crippen molar-refractivity contribution in [2.75, 3.05) is 32.2 Å². The van der Waals surface area contributed by atoms with Gasteiger partial charge in [-0.05, 0) is 12.1 Å². The Hall–Kier alpha value is -1.37. The van der Waals surface area contributed by atoms with E-state index in [9.17, 15) is 0 Å². The molecule has 0 unspecified atom stereocenters. The number of nitrogens with zero attached hydrogens (tertiary/aromatic N) is 2. The molecule has 2 rings (SSSR count). The summed E-state index contributed by atoms with van der Waals surface area (Å²) in [6, 6.07) is 3.87. The van der Waals surface area contributed by atoms with Crippen LogP contribution in [0.3, 0.4) is 0 Å². The van der Waals surface area contributed by atoms with Crippen LogP contribution in [0.15, 0.2) is 28.2 Å². The van der Waals surface area contributed by atoms with E-state index in [2.05, 4.69) is 20.6 Å². The first-order valence-electron chi connectivity index (χ1n) is 6.17. The molecule has 6 heteroatoms. The predicted octanol–water partition coefficient (Wildman–Crippen LogP) is 2.11. The highest BCUT2D eigenvalue weighted by Gasteiger charge is 2.08. The molecule has 0 atom stereocenters. The number of nitrogens with one attached hydrogen (secondary N) is 1. The van der Waals surface area contributed by atoms with Crippen LogP contribution in [0.5, 0.6) is 0 Å². The molecule has 0 bridgehead atoms. The third kappa shape index (κ3) is 4.34. The summed E-state index contributed by atoms with van der Waals surface area (Å²) in [5, 5.41) is 6.36. The normalized spacial score (nSPS) is 10.8. The summed E-state index contributed by atoms with van der Waals surface area (Å²) in [4.78, 5) is 6.67. The third-order valence-corrected chi connectivity index (χ3v) is 3.63. The first-order valence-corrected chi connectivity index (χ1v) is 7.05. The van der Waals surface area contributed by atoms with Gasteiger partial charge >= 0.3 is 0 Å². The van der Waals surface area contributed by atoms with Gasteiger partial charge in [-0.15, -0.1) is 11.3 Å². The van der Waals surface area contributed by atoms with Gasteiger partial charge in [0.2, 0.25) is 0 Å². The number of aromatic nitrogens is 1. The largest absolute Gasteiger partial charge is 0.467 e. The average molecular weight is 281 g/mol. The maximum Gasteiger partial charge on any atom is 0.185 e. The Kier molecular flexibility index (Phi) is 5.38. The predicted molar refractivity (Wildman–Crippen MR) is 76.5 cm³/mol. The van der Waals surface area contributed by atoms with Gasteiger partial charge in [-0.2, -0.15) is 0 Å². The first kappa shape index (κ1) is 14.0. The number of hydrogen-bond acceptors (Lipinski definition) is 6. The standard InChI is InChI=1S/C13H19N3O2S/c1-16(9-12-4-3-6-18-12)13-15-11(10-19-13)8-14-5-7-17-2/h3-4,6,10,14H,5,7-9H2,1-2H3. The molecular weight excluding hydrogens is 262 g/mol.